The Balaban J connectivity index is 0.000000963. The molecule has 0 bridgehead atoms. The summed E-state index contributed by atoms with van der Waals surface area (Å²) in [7, 11) is 0. The molecule has 2 atom stereocenters. The molecule has 0 saturated heterocycles. The second-order valence-corrected chi connectivity index (χ2v) is 3.83. The fourth-order valence-electron chi connectivity index (χ4n) is 2.20. The van der Waals surface area contributed by atoms with Crippen LogP contribution in [0, 0.1) is 5.92 Å². The standard InChI is InChI=1S/C13H11NO.Co/c15-13-11-7-2-1-5-9(11)10-6-3-4-8-12(10)14-13;/h1-9,11H,(H,14,15);/p-1. The van der Waals surface area contributed by atoms with Crippen LogP contribution < -0.4 is 0 Å². The number of para-hydroxylation sites is 1. The van der Waals surface area contributed by atoms with Crippen molar-refractivity contribution in [1.82, 2.24) is 0 Å². The molecule has 1 aliphatic heterocycles. The third-order valence-corrected chi connectivity index (χ3v) is 2.95. The number of carbonyl (C=O) groups is 1. The summed E-state index contributed by atoms with van der Waals surface area (Å²) in [5, 5.41) is 4.11. The Kier molecular flexibility index (Phi) is 2.98. The van der Waals surface area contributed by atoms with Gasteiger partial charge in [0.2, 0.25) is 0 Å². The predicted octanol–water partition coefficient (Wildman–Crippen LogP) is 3.06. The molecule has 0 saturated carbocycles. The van der Waals surface area contributed by atoms with Crippen molar-refractivity contribution in [3.63, 3.8) is 0 Å². The summed E-state index contributed by atoms with van der Waals surface area (Å²) in [6, 6.07) is 7.85. The molecule has 0 N–H and O–H groups in total. The quantitative estimate of drug-likeness (QED) is 0.701. The third-order valence-electron chi connectivity index (χ3n) is 2.95. The summed E-state index contributed by atoms with van der Waals surface area (Å²) in [5.74, 6) is 0.0559. The van der Waals surface area contributed by atoms with E-state index < -0.39 is 0 Å². The Labute approximate surface area is 105 Å². The number of hydrogen-bond acceptors (Lipinski definition) is 1. The van der Waals surface area contributed by atoms with Crippen LogP contribution in [0.5, 0.6) is 0 Å². The van der Waals surface area contributed by atoms with Crippen molar-refractivity contribution in [1.29, 1.82) is 0 Å². The van der Waals surface area contributed by atoms with Gasteiger partial charge in [0.1, 0.15) is 0 Å². The Morgan fingerprint density at radius 3 is 2.50 bits per heavy atom. The summed E-state index contributed by atoms with van der Waals surface area (Å²) in [4.78, 5) is 11.7. The van der Waals surface area contributed by atoms with E-state index in [1.807, 2.05) is 42.5 Å². The van der Waals surface area contributed by atoms with Crippen molar-refractivity contribution in [2.24, 2.45) is 5.92 Å². The molecule has 1 aromatic carbocycles. The van der Waals surface area contributed by atoms with Crippen molar-refractivity contribution in [2.75, 3.05) is 0 Å². The van der Waals surface area contributed by atoms with Gasteiger partial charge in [-0.1, -0.05) is 54.1 Å². The predicted molar refractivity (Wildman–Crippen MR) is 59.0 cm³/mol. The molecule has 1 aliphatic carbocycles. The summed E-state index contributed by atoms with van der Waals surface area (Å²) < 4.78 is 0. The Morgan fingerprint density at radius 2 is 1.69 bits per heavy atom. The topological polar surface area (TPSA) is 31.2 Å². The van der Waals surface area contributed by atoms with Crippen molar-refractivity contribution in [2.45, 2.75) is 5.92 Å². The second-order valence-electron chi connectivity index (χ2n) is 3.83. The van der Waals surface area contributed by atoms with E-state index in [0.29, 0.717) is 0 Å². The largest absolute Gasteiger partial charge is 0.626 e. The molecule has 2 aliphatic rings. The van der Waals surface area contributed by atoms with Crippen molar-refractivity contribution < 1.29 is 21.6 Å². The number of hydrogen-bond donors (Lipinski definition) is 0. The van der Waals surface area contributed by atoms with Gasteiger partial charge in [0.15, 0.2) is 0 Å². The SMILES string of the molecule is O=C1[N-]c2ccccc2C2C=CC=CC12.[Co]. The van der Waals surface area contributed by atoms with Crippen LogP contribution in [0.3, 0.4) is 0 Å². The minimum atomic E-state index is -0.0927. The monoisotopic (exact) mass is 255 g/mol. The molecule has 1 heterocycles. The van der Waals surface area contributed by atoms with E-state index in [0.717, 1.165) is 11.3 Å². The number of carbonyl (C=O) groups excluding carboxylic acids is 1. The average molecular weight is 255 g/mol. The first kappa shape index (κ1) is 11.2. The van der Waals surface area contributed by atoms with Gasteiger partial charge in [-0.15, -0.1) is 5.69 Å². The molecule has 1 radical (unpaired) electrons. The molecule has 0 fully saturated rings. The molecule has 1 amide bonds. The molecule has 2 nitrogen and oxygen atoms in total. The summed E-state index contributed by atoms with van der Waals surface area (Å²) in [6.45, 7) is 0. The van der Waals surface area contributed by atoms with E-state index in [-0.39, 0.29) is 34.5 Å². The number of benzene rings is 1. The van der Waals surface area contributed by atoms with Crippen LogP contribution in [0.4, 0.5) is 5.69 Å². The number of rotatable bonds is 0. The second kappa shape index (κ2) is 4.27. The van der Waals surface area contributed by atoms with Crippen LogP contribution in [-0.2, 0) is 21.6 Å². The Hall–Kier alpha value is -1.32. The first-order valence-electron chi connectivity index (χ1n) is 5.06. The van der Waals surface area contributed by atoms with E-state index >= 15 is 0 Å². The van der Waals surface area contributed by atoms with E-state index in [1.165, 1.54) is 0 Å². The third kappa shape index (κ3) is 1.62. The zero-order chi connectivity index (χ0) is 10.3. The number of amides is 1. The fraction of sp³-hybridized carbons (Fsp3) is 0.154. The van der Waals surface area contributed by atoms with Crippen LogP contribution in [0.1, 0.15) is 11.5 Å². The van der Waals surface area contributed by atoms with Gasteiger partial charge in [0.05, 0.1) is 5.91 Å². The molecule has 0 spiro atoms. The number of allylic oxidation sites excluding steroid dienone is 3. The number of fused-ring (bicyclic) bond motifs is 3. The van der Waals surface area contributed by atoms with Crippen LogP contribution in [0.15, 0.2) is 48.6 Å². The first-order chi connectivity index (χ1) is 7.36. The van der Waals surface area contributed by atoms with Gasteiger partial charge in [-0.3, -0.25) is 0 Å². The normalized spacial score (nSPS) is 25.1. The average Bonchev–Trinajstić information content (AvgIpc) is 2.30. The molecule has 2 unspecified atom stereocenters. The zero-order valence-electron chi connectivity index (χ0n) is 8.46. The molecule has 1 aromatic rings. The molecule has 3 rings (SSSR count). The summed E-state index contributed by atoms with van der Waals surface area (Å²) >= 11 is 0. The molecule has 16 heavy (non-hydrogen) atoms. The smallest absolute Gasteiger partial charge is 0.0624 e. The van der Waals surface area contributed by atoms with E-state index in [2.05, 4.69) is 11.4 Å². The maximum Gasteiger partial charge on any atom is 0.0624 e. The van der Waals surface area contributed by atoms with E-state index in [9.17, 15) is 4.79 Å². The molecular formula is C13H10CoNO-. The minimum Gasteiger partial charge on any atom is -0.626 e. The summed E-state index contributed by atoms with van der Waals surface area (Å²) in [5.41, 5.74) is 1.98. The first-order valence-corrected chi connectivity index (χ1v) is 5.06. The van der Waals surface area contributed by atoms with Gasteiger partial charge in [-0.2, -0.15) is 0 Å². The van der Waals surface area contributed by atoms with Crippen LogP contribution >= 0.6 is 0 Å². The minimum absolute atomic E-state index is 0. The number of nitrogens with zero attached hydrogens (tertiary/aromatic N) is 1. The fourth-order valence-corrected chi connectivity index (χ4v) is 2.20. The van der Waals surface area contributed by atoms with Crippen LogP contribution in [0.25, 0.3) is 5.32 Å². The van der Waals surface area contributed by atoms with Gasteiger partial charge < -0.3 is 10.1 Å². The summed E-state index contributed by atoms with van der Waals surface area (Å²) in [6.07, 6.45) is 7.93. The molecule has 83 valence electrons. The molecular weight excluding hydrogens is 245 g/mol. The van der Waals surface area contributed by atoms with Gasteiger partial charge in [-0.05, 0) is 0 Å². The van der Waals surface area contributed by atoms with E-state index in [1.54, 1.807) is 0 Å². The van der Waals surface area contributed by atoms with Crippen molar-refractivity contribution >= 4 is 11.6 Å². The molecule has 3 heteroatoms. The Bertz CT molecular complexity index is 479. The van der Waals surface area contributed by atoms with Crippen LogP contribution in [0.2, 0.25) is 0 Å². The van der Waals surface area contributed by atoms with Gasteiger partial charge in [-0.25, -0.2) is 0 Å². The zero-order valence-corrected chi connectivity index (χ0v) is 9.50. The van der Waals surface area contributed by atoms with Crippen molar-refractivity contribution in [3.05, 3.63) is 59.4 Å². The maximum atomic E-state index is 11.7. The van der Waals surface area contributed by atoms with E-state index in [4.69, 9.17) is 0 Å². The maximum absolute atomic E-state index is 11.7. The van der Waals surface area contributed by atoms with Crippen molar-refractivity contribution in [3.8, 4) is 0 Å². The molecule has 0 aromatic heterocycles. The van der Waals surface area contributed by atoms with Crippen LogP contribution in [-0.4, -0.2) is 5.91 Å². The Morgan fingerprint density at radius 1 is 1.00 bits per heavy atom. The van der Waals surface area contributed by atoms with Gasteiger partial charge in [0, 0.05) is 28.6 Å². The van der Waals surface area contributed by atoms with Gasteiger partial charge >= 0.3 is 0 Å². The van der Waals surface area contributed by atoms with Gasteiger partial charge in [0.25, 0.3) is 0 Å².